The van der Waals surface area contributed by atoms with Crippen molar-refractivity contribution in [3.8, 4) is 5.75 Å². The topological polar surface area (TPSA) is 147 Å². The fourth-order valence-electron chi connectivity index (χ4n) is 3.64. The van der Waals surface area contributed by atoms with E-state index in [0.29, 0.717) is 16.9 Å². The molecule has 0 unspecified atom stereocenters. The number of allylic oxidation sites excluding steroid dienone is 1. The zero-order valence-corrected chi connectivity index (χ0v) is 25.2. The van der Waals surface area contributed by atoms with Gasteiger partial charge in [-0.05, 0) is 37.1 Å². The molecule has 12 nitrogen and oxygen atoms in total. The van der Waals surface area contributed by atoms with Crippen LogP contribution in [0.4, 0.5) is 4.79 Å². The largest absolute Gasteiger partial charge is 0.508 e. The molecule has 0 radical (unpaired) electrons. The summed E-state index contributed by atoms with van der Waals surface area (Å²) in [5, 5.41) is 2.43. The highest BCUT2D eigenvalue weighted by Crippen LogP contribution is 2.30. The van der Waals surface area contributed by atoms with Crippen molar-refractivity contribution in [2.24, 2.45) is 0 Å². The molecule has 0 aromatic heterocycles. The summed E-state index contributed by atoms with van der Waals surface area (Å²) >= 11 is 16.5. The first kappa shape index (κ1) is 33.5. The van der Waals surface area contributed by atoms with Gasteiger partial charge >= 0.3 is 18.1 Å². The molecule has 1 aliphatic heterocycles. The van der Waals surface area contributed by atoms with E-state index in [4.69, 9.17) is 49.0 Å². The number of nitrogens with one attached hydrogen (secondary N) is 1. The Kier molecular flexibility index (Phi) is 12.0. The van der Waals surface area contributed by atoms with E-state index in [9.17, 15) is 24.0 Å². The van der Waals surface area contributed by atoms with Crippen molar-refractivity contribution in [3.63, 3.8) is 0 Å². The van der Waals surface area contributed by atoms with Crippen molar-refractivity contribution < 1.29 is 47.7 Å². The van der Waals surface area contributed by atoms with Crippen LogP contribution in [0.5, 0.6) is 5.75 Å². The molecule has 1 heterocycles. The van der Waals surface area contributed by atoms with E-state index >= 15 is 0 Å². The minimum absolute atomic E-state index is 0.0932. The molecular weight excluding hydrogens is 631 g/mol. The van der Waals surface area contributed by atoms with Gasteiger partial charge in [0, 0.05) is 0 Å². The minimum Gasteiger partial charge on any atom is -0.484 e. The maximum Gasteiger partial charge on any atom is 0.508 e. The molecule has 1 aliphatic rings. The van der Waals surface area contributed by atoms with Crippen molar-refractivity contribution >= 4 is 64.7 Å². The third kappa shape index (κ3) is 10.3. The average Bonchev–Trinajstić information content (AvgIpc) is 2.98. The molecule has 0 saturated carbocycles. The van der Waals surface area contributed by atoms with Gasteiger partial charge in [-0.25, -0.2) is 14.4 Å². The summed E-state index contributed by atoms with van der Waals surface area (Å²) < 4.78 is 23.5. The number of carbonyl (C=O) groups is 5. The van der Waals surface area contributed by atoms with Gasteiger partial charge in [-0.15, -0.1) is 0 Å². The summed E-state index contributed by atoms with van der Waals surface area (Å²) in [7, 11) is 0. The van der Waals surface area contributed by atoms with Crippen LogP contribution >= 0.6 is 34.8 Å². The maximum absolute atomic E-state index is 13.2. The van der Waals surface area contributed by atoms with E-state index in [-0.39, 0.29) is 12.3 Å². The molecule has 2 aromatic carbocycles. The Balaban J connectivity index is 1.71. The first-order valence-corrected chi connectivity index (χ1v) is 13.7. The van der Waals surface area contributed by atoms with Crippen molar-refractivity contribution in [1.82, 2.24) is 10.2 Å². The van der Waals surface area contributed by atoms with Gasteiger partial charge in [-0.1, -0.05) is 83.3 Å². The lowest BCUT2D eigenvalue weighted by Crippen LogP contribution is -2.72. The number of hydrogen-bond donors (Lipinski definition) is 1. The average molecular weight is 658 g/mol. The highest BCUT2D eigenvalue weighted by Gasteiger charge is 2.54. The second kappa shape index (κ2) is 15.5. The summed E-state index contributed by atoms with van der Waals surface area (Å²) in [6.07, 6.45) is -2.84. The van der Waals surface area contributed by atoms with E-state index < -0.39 is 65.8 Å². The van der Waals surface area contributed by atoms with Crippen LogP contribution in [0.25, 0.3) is 0 Å². The smallest absolute Gasteiger partial charge is 0.484 e. The first-order chi connectivity index (χ1) is 20.4. The lowest BCUT2D eigenvalue weighted by atomic mass is 10.0. The van der Waals surface area contributed by atoms with Crippen LogP contribution in [0.2, 0.25) is 0 Å². The predicted molar refractivity (Wildman–Crippen MR) is 153 cm³/mol. The standard InChI is InChI=1S/C28H27Cl3N2O10/c1-17(2)23(26(37)40-13-18-9-5-3-6-10-18)33-24(36)22(32-20(34)14-39-19-11-7-4-8-12-19)25(33)43-21(35)15-41-27(38)42-16-28(29,30)31/h3-12,22,25H,13-16H2,1-2H3,(H,32,34)/t22-,25-/m1/s1. The van der Waals surface area contributed by atoms with Gasteiger partial charge in [0.25, 0.3) is 11.8 Å². The number of ether oxygens (including phenoxy) is 5. The Morgan fingerprint density at radius 3 is 2.12 bits per heavy atom. The highest BCUT2D eigenvalue weighted by atomic mass is 35.6. The number of β-lactam (4-membered cyclic amide) rings is 1. The van der Waals surface area contributed by atoms with Crippen molar-refractivity contribution in [1.29, 1.82) is 0 Å². The van der Waals surface area contributed by atoms with Gasteiger partial charge in [0.2, 0.25) is 10.0 Å². The van der Waals surface area contributed by atoms with Crippen LogP contribution in [0.15, 0.2) is 71.9 Å². The number of nitrogens with zero attached hydrogens (tertiary/aromatic N) is 1. The molecule has 0 bridgehead atoms. The number of halogens is 3. The molecule has 1 fully saturated rings. The van der Waals surface area contributed by atoms with Crippen LogP contribution in [-0.2, 0) is 44.7 Å². The van der Waals surface area contributed by atoms with Crippen LogP contribution < -0.4 is 10.1 Å². The van der Waals surface area contributed by atoms with Crippen LogP contribution in [0.1, 0.15) is 19.4 Å². The summed E-state index contributed by atoms with van der Waals surface area (Å²) in [5.74, 6) is -3.07. The molecule has 0 aliphatic carbocycles. The fraction of sp³-hybridized carbons (Fsp3) is 0.321. The van der Waals surface area contributed by atoms with E-state index in [0.717, 1.165) is 4.90 Å². The number of alkyl halides is 3. The second-order valence-corrected chi connectivity index (χ2v) is 11.6. The lowest BCUT2D eigenvalue weighted by molar-refractivity contribution is -0.191. The number of hydrogen-bond acceptors (Lipinski definition) is 10. The molecule has 2 atom stereocenters. The van der Waals surface area contributed by atoms with E-state index in [1.165, 1.54) is 0 Å². The highest BCUT2D eigenvalue weighted by molar-refractivity contribution is 6.67. The SMILES string of the molecule is CC(C)=C(C(=O)OCc1ccccc1)N1C(=O)[C@@H](NC(=O)COc2ccccc2)[C@H]1OC(=O)COC(=O)OCC(Cl)(Cl)Cl. The normalized spacial score (nSPS) is 15.8. The van der Waals surface area contributed by atoms with Gasteiger partial charge < -0.3 is 29.0 Å². The molecule has 43 heavy (non-hydrogen) atoms. The number of esters is 2. The van der Waals surface area contributed by atoms with Crippen molar-refractivity contribution in [2.75, 3.05) is 19.8 Å². The van der Waals surface area contributed by atoms with E-state index in [2.05, 4.69) is 14.8 Å². The number of benzene rings is 2. The number of likely N-dealkylation sites (tertiary alicyclic amines) is 1. The quantitative estimate of drug-likeness (QED) is 0.117. The maximum atomic E-state index is 13.2. The number of amides is 2. The fourth-order valence-corrected chi connectivity index (χ4v) is 3.80. The Morgan fingerprint density at radius 1 is 0.884 bits per heavy atom. The van der Waals surface area contributed by atoms with Gasteiger partial charge in [0.1, 0.15) is 24.7 Å². The molecule has 3 rings (SSSR count). The number of carbonyl (C=O) groups excluding carboxylic acids is 5. The molecule has 0 spiro atoms. The van der Waals surface area contributed by atoms with Crippen molar-refractivity contribution in [3.05, 3.63) is 77.5 Å². The monoisotopic (exact) mass is 656 g/mol. The molecule has 2 aromatic rings. The van der Waals surface area contributed by atoms with Gasteiger partial charge in [-0.3, -0.25) is 14.5 Å². The minimum atomic E-state index is -1.90. The summed E-state index contributed by atoms with van der Waals surface area (Å²) in [6.45, 7) is 0.941. The first-order valence-electron chi connectivity index (χ1n) is 12.6. The summed E-state index contributed by atoms with van der Waals surface area (Å²) in [6, 6.07) is 15.9. The third-order valence-electron chi connectivity index (χ3n) is 5.51. The van der Waals surface area contributed by atoms with Gasteiger partial charge in [-0.2, -0.15) is 0 Å². The van der Waals surface area contributed by atoms with Crippen LogP contribution in [0.3, 0.4) is 0 Å². The lowest BCUT2D eigenvalue weighted by Gasteiger charge is -2.46. The molecule has 230 valence electrons. The van der Waals surface area contributed by atoms with Crippen LogP contribution in [-0.4, -0.2) is 70.7 Å². The molecular formula is C28H27Cl3N2O10. The van der Waals surface area contributed by atoms with Crippen LogP contribution in [0, 0.1) is 0 Å². The van der Waals surface area contributed by atoms with Crippen molar-refractivity contribution in [2.45, 2.75) is 36.5 Å². The third-order valence-corrected chi connectivity index (χ3v) is 5.83. The van der Waals surface area contributed by atoms with E-state index in [1.807, 2.05) is 0 Å². The zero-order chi connectivity index (χ0) is 31.6. The summed E-state index contributed by atoms with van der Waals surface area (Å²) in [4.78, 5) is 64.1. The Bertz CT molecular complexity index is 1350. The predicted octanol–water partition coefficient (Wildman–Crippen LogP) is 3.82. The molecule has 2 amide bonds. The molecule has 1 saturated heterocycles. The molecule has 1 N–H and O–H groups in total. The van der Waals surface area contributed by atoms with E-state index in [1.54, 1.807) is 74.5 Å². The van der Waals surface area contributed by atoms with Gasteiger partial charge in [0.15, 0.2) is 19.3 Å². The Morgan fingerprint density at radius 2 is 1.51 bits per heavy atom. The van der Waals surface area contributed by atoms with Gasteiger partial charge in [0.05, 0.1) is 0 Å². The Hall–Kier alpha value is -4.00. The second-order valence-electron chi connectivity index (χ2n) is 9.09. The molecule has 15 heteroatoms. The zero-order valence-electron chi connectivity index (χ0n) is 22.9. The number of rotatable bonds is 12. The summed E-state index contributed by atoms with van der Waals surface area (Å²) in [5.41, 5.74) is 0.855. The number of para-hydroxylation sites is 1. The Labute approximate surface area is 261 Å².